The molecule has 19 heavy (non-hydrogen) atoms. The van der Waals surface area contributed by atoms with Gasteiger partial charge in [-0.25, -0.2) is 8.42 Å². The standard InChI is InChI=1S/C13H21NO4S/c1-11(10-17-2)18-6-7-19(15,16)13-5-3-4-12(8-13)9-14/h3-5,8,11H,6-7,9-10,14H2,1-2H3. The Kier molecular flexibility index (Phi) is 6.44. The van der Waals surface area contributed by atoms with Crippen LogP contribution in [-0.4, -0.2) is 40.6 Å². The Morgan fingerprint density at radius 2 is 2.11 bits per heavy atom. The van der Waals surface area contributed by atoms with Gasteiger partial charge >= 0.3 is 0 Å². The summed E-state index contributed by atoms with van der Waals surface area (Å²) in [7, 11) is -1.75. The second-order valence-corrected chi connectivity index (χ2v) is 6.42. The molecule has 5 nitrogen and oxygen atoms in total. The molecule has 0 aliphatic carbocycles. The highest BCUT2D eigenvalue weighted by molar-refractivity contribution is 7.91. The molecular weight excluding hydrogens is 266 g/mol. The van der Waals surface area contributed by atoms with Crippen molar-refractivity contribution in [3.8, 4) is 0 Å². The van der Waals surface area contributed by atoms with Gasteiger partial charge in [0, 0.05) is 13.7 Å². The molecule has 0 amide bonds. The molecule has 1 rings (SSSR count). The van der Waals surface area contributed by atoms with Crippen molar-refractivity contribution in [3.63, 3.8) is 0 Å². The Balaban J connectivity index is 2.60. The summed E-state index contributed by atoms with van der Waals surface area (Å²) in [5.41, 5.74) is 6.30. The SMILES string of the molecule is COCC(C)OCCS(=O)(=O)c1cccc(CN)c1. The first-order chi connectivity index (χ1) is 8.99. The molecule has 0 heterocycles. The molecule has 0 bridgehead atoms. The van der Waals surface area contributed by atoms with Gasteiger partial charge in [0.05, 0.1) is 30.0 Å². The van der Waals surface area contributed by atoms with E-state index in [2.05, 4.69) is 0 Å². The van der Waals surface area contributed by atoms with Crippen LogP contribution in [0.5, 0.6) is 0 Å². The monoisotopic (exact) mass is 287 g/mol. The Bertz CT molecular complexity index is 487. The predicted octanol–water partition coefficient (Wildman–Crippen LogP) is 0.971. The minimum absolute atomic E-state index is 0.0465. The van der Waals surface area contributed by atoms with E-state index in [9.17, 15) is 8.42 Å². The average molecular weight is 287 g/mol. The van der Waals surface area contributed by atoms with Crippen LogP contribution in [0.3, 0.4) is 0 Å². The molecule has 108 valence electrons. The Morgan fingerprint density at radius 1 is 1.37 bits per heavy atom. The lowest BCUT2D eigenvalue weighted by atomic mass is 10.2. The molecular formula is C13H21NO4S. The fourth-order valence-electron chi connectivity index (χ4n) is 1.63. The van der Waals surface area contributed by atoms with Crippen molar-refractivity contribution in [2.75, 3.05) is 26.1 Å². The lowest BCUT2D eigenvalue weighted by Crippen LogP contribution is -2.20. The van der Waals surface area contributed by atoms with Crippen LogP contribution in [-0.2, 0) is 25.9 Å². The third-order valence-corrected chi connectivity index (χ3v) is 4.33. The van der Waals surface area contributed by atoms with Crippen molar-refractivity contribution in [1.29, 1.82) is 0 Å². The second kappa shape index (κ2) is 7.59. The summed E-state index contributed by atoms with van der Waals surface area (Å²) in [6, 6.07) is 6.68. The summed E-state index contributed by atoms with van der Waals surface area (Å²) in [5.74, 6) is -0.0465. The predicted molar refractivity (Wildman–Crippen MR) is 73.7 cm³/mol. The van der Waals surface area contributed by atoms with Crippen LogP contribution in [0.1, 0.15) is 12.5 Å². The molecule has 0 radical (unpaired) electrons. The minimum atomic E-state index is -3.32. The molecule has 0 fully saturated rings. The quantitative estimate of drug-likeness (QED) is 0.771. The first kappa shape index (κ1) is 16.1. The number of rotatable bonds is 8. The van der Waals surface area contributed by atoms with Gasteiger partial charge in [-0.15, -0.1) is 0 Å². The largest absolute Gasteiger partial charge is 0.382 e. The Morgan fingerprint density at radius 3 is 2.74 bits per heavy atom. The smallest absolute Gasteiger partial charge is 0.180 e. The number of hydrogen-bond donors (Lipinski definition) is 1. The van der Waals surface area contributed by atoms with Crippen LogP contribution in [0.4, 0.5) is 0 Å². The zero-order chi connectivity index (χ0) is 14.3. The summed E-state index contributed by atoms with van der Waals surface area (Å²) < 4.78 is 34.5. The Hall–Kier alpha value is -0.950. The molecule has 1 aromatic rings. The lowest BCUT2D eigenvalue weighted by molar-refractivity contribution is 0.0163. The first-order valence-electron chi connectivity index (χ1n) is 6.12. The average Bonchev–Trinajstić information content (AvgIpc) is 2.39. The van der Waals surface area contributed by atoms with Gasteiger partial charge in [-0.05, 0) is 24.6 Å². The molecule has 1 aromatic carbocycles. The number of hydrogen-bond acceptors (Lipinski definition) is 5. The van der Waals surface area contributed by atoms with Gasteiger partial charge in [-0.1, -0.05) is 12.1 Å². The van der Waals surface area contributed by atoms with Crippen LogP contribution in [0.25, 0.3) is 0 Å². The van der Waals surface area contributed by atoms with Crippen LogP contribution in [0.15, 0.2) is 29.2 Å². The normalized spacial score (nSPS) is 13.4. The lowest BCUT2D eigenvalue weighted by Gasteiger charge is -2.12. The first-order valence-corrected chi connectivity index (χ1v) is 7.77. The number of benzene rings is 1. The van der Waals surface area contributed by atoms with E-state index in [0.717, 1.165) is 5.56 Å². The fourth-order valence-corrected chi connectivity index (χ4v) is 2.79. The van der Waals surface area contributed by atoms with E-state index < -0.39 is 9.84 Å². The molecule has 0 aliphatic heterocycles. The summed E-state index contributed by atoms with van der Waals surface area (Å²) in [5, 5.41) is 0. The second-order valence-electron chi connectivity index (χ2n) is 4.31. The molecule has 0 spiro atoms. The molecule has 2 N–H and O–H groups in total. The van der Waals surface area contributed by atoms with Crippen molar-refractivity contribution in [2.45, 2.75) is 24.5 Å². The van der Waals surface area contributed by atoms with Crippen LogP contribution in [0.2, 0.25) is 0 Å². The van der Waals surface area contributed by atoms with Crippen LogP contribution in [0, 0.1) is 0 Å². The van der Waals surface area contributed by atoms with Gasteiger partial charge < -0.3 is 15.2 Å². The zero-order valence-electron chi connectivity index (χ0n) is 11.3. The molecule has 1 atom stereocenters. The van der Waals surface area contributed by atoms with E-state index in [0.29, 0.717) is 18.0 Å². The number of methoxy groups -OCH3 is 1. The van der Waals surface area contributed by atoms with Crippen molar-refractivity contribution >= 4 is 9.84 Å². The van der Waals surface area contributed by atoms with Crippen molar-refractivity contribution < 1.29 is 17.9 Å². The van der Waals surface area contributed by atoms with Gasteiger partial charge in [0.25, 0.3) is 0 Å². The maximum atomic E-state index is 12.1. The topological polar surface area (TPSA) is 78.6 Å². The molecule has 0 saturated carbocycles. The summed E-state index contributed by atoms with van der Waals surface area (Å²) in [6.45, 7) is 2.76. The maximum Gasteiger partial charge on any atom is 0.180 e. The molecule has 0 aromatic heterocycles. The third-order valence-electron chi connectivity index (χ3n) is 2.65. The van der Waals surface area contributed by atoms with Crippen molar-refractivity contribution in [3.05, 3.63) is 29.8 Å². The van der Waals surface area contributed by atoms with Gasteiger partial charge in [0.15, 0.2) is 9.84 Å². The van der Waals surface area contributed by atoms with E-state index >= 15 is 0 Å². The van der Waals surface area contributed by atoms with Gasteiger partial charge in [-0.3, -0.25) is 0 Å². The van der Waals surface area contributed by atoms with Crippen LogP contribution >= 0.6 is 0 Å². The third kappa shape index (κ3) is 5.28. The number of nitrogens with two attached hydrogens (primary N) is 1. The highest BCUT2D eigenvalue weighted by atomic mass is 32.2. The van der Waals surface area contributed by atoms with E-state index in [1.807, 2.05) is 6.92 Å². The maximum absolute atomic E-state index is 12.1. The number of ether oxygens (including phenoxy) is 2. The highest BCUT2D eigenvalue weighted by Crippen LogP contribution is 2.13. The van der Waals surface area contributed by atoms with Crippen molar-refractivity contribution in [2.24, 2.45) is 5.73 Å². The zero-order valence-corrected chi connectivity index (χ0v) is 12.2. The van der Waals surface area contributed by atoms with Gasteiger partial charge in [0.2, 0.25) is 0 Å². The summed E-state index contributed by atoms with van der Waals surface area (Å²) in [6.07, 6.45) is -0.115. The van der Waals surface area contributed by atoms with Crippen molar-refractivity contribution in [1.82, 2.24) is 0 Å². The fraction of sp³-hybridized carbons (Fsp3) is 0.538. The number of sulfone groups is 1. The highest BCUT2D eigenvalue weighted by Gasteiger charge is 2.15. The van der Waals surface area contributed by atoms with E-state index in [1.54, 1.807) is 31.4 Å². The molecule has 0 aliphatic rings. The van der Waals surface area contributed by atoms with E-state index in [1.165, 1.54) is 0 Å². The summed E-state index contributed by atoms with van der Waals surface area (Å²) in [4.78, 5) is 0.290. The summed E-state index contributed by atoms with van der Waals surface area (Å²) >= 11 is 0. The van der Waals surface area contributed by atoms with Gasteiger partial charge in [-0.2, -0.15) is 0 Å². The van der Waals surface area contributed by atoms with Crippen LogP contribution < -0.4 is 5.73 Å². The van der Waals surface area contributed by atoms with E-state index in [-0.39, 0.29) is 18.5 Å². The molecule has 0 saturated heterocycles. The van der Waals surface area contributed by atoms with Gasteiger partial charge in [0.1, 0.15) is 0 Å². The molecule has 6 heteroatoms. The molecule has 1 unspecified atom stereocenters. The minimum Gasteiger partial charge on any atom is -0.382 e. The van der Waals surface area contributed by atoms with E-state index in [4.69, 9.17) is 15.2 Å². The Labute approximate surface area is 114 Å².